The molecule has 0 radical (unpaired) electrons. The summed E-state index contributed by atoms with van der Waals surface area (Å²) >= 11 is 6.25. The quantitative estimate of drug-likeness (QED) is 0.272. The van der Waals surface area contributed by atoms with Gasteiger partial charge in [-0.1, -0.05) is 11.6 Å². The molecule has 1 rings (SSSR count). The van der Waals surface area contributed by atoms with Crippen molar-refractivity contribution in [2.24, 2.45) is 4.99 Å². The van der Waals surface area contributed by atoms with E-state index in [0.717, 1.165) is 5.56 Å². The minimum absolute atomic E-state index is 0. The molecule has 0 aliphatic heterocycles. The van der Waals surface area contributed by atoms with Gasteiger partial charge in [-0.2, -0.15) is 0 Å². The maximum absolute atomic E-state index is 6.25. The lowest BCUT2D eigenvalue weighted by Crippen LogP contribution is -2.38. The van der Waals surface area contributed by atoms with Crippen LogP contribution in [0, 0.1) is 0 Å². The highest BCUT2D eigenvalue weighted by molar-refractivity contribution is 14.0. The van der Waals surface area contributed by atoms with Crippen molar-refractivity contribution < 1.29 is 14.2 Å². The standard InChI is InChI=1S/C15H24ClN3O3.HI/c1-5-22-14-12(16)8-11(9-13(14)21-4)10-19-15(17-2)18-6-7-20-3;/h8-9H,5-7,10H2,1-4H3,(H2,17,18,19);1H. The molecule has 0 aliphatic rings. The summed E-state index contributed by atoms with van der Waals surface area (Å²) in [7, 11) is 4.97. The molecule has 8 heteroatoms. The molecule has 1 aromatic carbocycles. The second-order valence-electron chi connectivity index (χ2n) is 4.39. The van der Waals surface area contributed by atoms with E-state index >= 15 is 0 Å². The Bertz CT molecular complexity index is 501. The van der Waals surface area contributed by atoms with E-state index in [4.69, 9.17) is 25.8 Å². The first-order chi connectivity index (χ1) is 10.7. The lowest BCUT2D eigenvalue weighted by molar-refractivity contribution is 0.203. The zero-order chi connectivity index (χ0) is 16.4. The van der Waals surface area contributed by atoms with Gasteiger partial charge in [-0.25, -0.2) is 0 Å². The van der Waals surface area contributed by atoms with E-state index in [2.05, 4.69) is 15.6 Å². The maximum Gasteiger partial charge on any atom is 0.191 e. The molecule has 0 saturated heterocycles. The first-order valence-corrected chi connectivity index (χ1v) is 7.46. The number of ether oxygens (including phenoxy) is 3. The van der Waals surface area contributed by atoms with Gasteiger partial charge in [0.15, 0.2) is 17.5 Å². The zero-order valence-electron chi connectivity index (χ0n) is 13.9. The summed E-state index contributed by atoms with van der Waals surface area (Å²) in [4.78, 5) is 4.14. The van der Waals surface area contributed by atoms with Crippen molar-refractivity contribution in [1.82, 2.24) is 10.6 Å². The van der Waals surface area contributed by atoms with Crippen molar-refractivity contribution in [3.8, 4) is 11.5 Å². The highest BCUT2D eigenvalue weighted by Gasteiger charge is 2.11. The van der Waals surface area contributed by atoms with Crippen molar-refractivity contribution in [2.45, 2.75) is 13.5 Å². The highest BCUT2D eigenvalue weighted by atomic mass is 127. The van der Waals surface area contributed by atoms with Crippen LogP contribution in [-0.4, -0.2) is 47.0 Å². The smallest absolute Gasteiger partial charge is 0.191 e. The maximum atomic E-state index is 6.25. The van der Waals surface area contributed by atoms with Crippen molar-refractivity contribution in [3.63, 3.8) is 0 Å². The van der Waals surface area contributed by atoms with Crippen molar-refractivity contribution in [1.29, 1.82) is 0 Å². The summed E-state index contributed by atoms with van der Waals surface area (Å²) in [6.07, 6.45) is 0. The van der Waals surface area contributed by atoms with Crippen LogP contribution in [0.3, 0.4) is 0 Å². The van der Waals surface area contributed by atoms with Gasteiger partial charge in [0, 0.05) is 27.2 Å². The van der Waals surface area contributed by atoms with Crippen molar-refractivity contribution in [3.05, 3.63) is 22.7 Å². The SMILES string of the molecule is CCOc1c(Cl)cc(CNC(=NC)NCCOC)cc1OC.I. The average molecular weight is 458 g/mol. The number of guanidine groups is 1. The van der Waals surface area contributed by atoms with E-state index in [9.17, 15) is 0 Å². The molecule has 0 unspecified atom stereocenters. The molecular weight excluding hydrogens is 433 g/mol. The third-order valence-electron chi connectivity index (χ3n) is 2.86. The van der Waals surface area contributed by atoms with Crippen LogP contribution >= 0.6 is 35.6 Å². The normalized spacial score (nSPS) is 10.7. The minimum Gasteiger partial charge on any atom is -0.493 e. The Morgan fingerprint density at radius 1 is 1.26 bits per heavy atom. The van der Waals surface area contributed by atoms with Gasteiger partial charge in [0.25, 0.3) is 0 Å². The zero-order valence-corrected chi connectivity index (χ0v) is 17.0. The molecule has 0 atom stereocenters. The first kappa shape index (κ1) is 22.1. The third-order valence-corrected chi connectivity index (χ3v) is 3.14. The summed E-state index contributed by atoms with van der Waals surface area (Å²) in [5.74, 6) is 1.88. The second kappa shape index (κ2) is 12.5. The fourth-order valence-electron chi connectivity index (χ4n) is 1.84. The van der Waals surface area contributed by atoms with E-state index in [1.807, 2.05) is 19.1 Å². The van der Waals surface area contributed by atoms with Gasteiger partial charge in [0.1, 0.15) is 0 Å². The molecule has 0 bridgehead atoms. The van der Waals surface area contributed by atoms with Crippen LogP contribution in [-0.2, 0) is 11.3 Å². The summed E-state index contributed by atoms with van der Waals surface area (Å²) in [5.41, 5.74) is 0.972. The predicted molar refractivity (Wildman–Crippen MR) is 105 cm³/mol. The van der Waals surface area contributed by atoms with Crippen LogP contribution in [0.15, 0.2) is 17.1 Å². The molecule has 0 heterocycles. The number of methoxy groups -OCH3 is 2. The topological polar surface area (TPSA) is 64.1 Å². The van der Waals surface area contributed by atoms with Gasteiger partial charge in [-0.05, 0) is 24.6 Å². The first-order valence-electron chi connectivity index (χ1n) is 7.08. The van der Waals surface area contributed by atoms with Crippen LogP contribution < -0.4 is 20.1 Å². The minimum atomic E-state index is 0. The van der Waals surface area contributed by atoms with Crippen LogP contribution in [0.4, 0.5) is 0 Å². The van der Waals surface area contributed by atoms with Gasteiger partial charge in [-0.3, -0.25) is 4.99 Å². The Labute approximate surface area is 159 Å². The van der Waals surface area contributed by atoms with Gasteiger partial charge in [0.2, 0.25) is 0 Å². The van der Waals surface area contributed by atoms with Gasteiger partial charge in [-0.15, -0.1) is 24.0 Å². The summed E-state index contributed by atoms with van der Waals surface area (Å²) < 4.78 is 15.8. The number of halogens is 2. The van der Waals surface area contributed by atoms with Gasteiger partial charge >= 0.3 is 0 Å². The number of benzene rings is 1. The Morgan fingerprint density at radius 2 is 2.00 bits per heavy atom. The lowest BCUT2D eigenvalue weighted by atomic mass is 10.2. The summed E-state index contributed by atoms with van der Waals surface area (Å²) in [6.45, 7) is 4.30. The summed E-state index contributed by atoms with van der Waals surface area (Å²) in [6, 6.07) is 3.75. The molecular formula is C15H25ClIN3O3. The predicted octanol–water partition coefficient (Wildman–Crippen LogP) is 2.68. The largest absolute Gasteiger partial charge is 0.493 e. The number of nitrogens with zero attached hydrogens (tertiary/aromatic N) is 1. The molecule has 0 fully saturated rings. The molecule has 132 valence electrons. The van der Waals surface area contributed by atoms with E-state index in [0.29, 0.717) is 48.8 Å². The molecule has 0 saturated carbocycles. The van der Waals surface area contributed by atoms with E-state index in [-0.39, 0.29) is 24.0 Å². The van der Waals surface area contributed by atoms with E-state index < -0.39 is 0 Å². The molecule has 2 N–H and O–H groups in total. The van der Waals surface area contributed by atoms with Crippen LogP contribution in [0.25, 0.3) is 0 Å². The number of hydrogen-bond acceptors (Lipinski definition) is 4. The Hall–Kier alpha value is -0.930. The molecule has 0 aromatic heterocycles. The number of rotatable bonds is 8. The fraction of sp³-hybridized carbons (Fsp3) is 0.533. The van der Waals surface area contributed by atoms with Crippen LogP contribution in [0.1, 0.15) is 12.5 Å². The fourth-order valence-corrected chi connectivity index (χ4v) is 2.13. The molecule has 0 spiro atoms. The monoisotopic (exact) mass is 457 g/mol. The Balaban J connectivity index is 0.00000484. The third kappa shape index (κ3) is 7.45. The lowest BCUT2D eigenvalue weighted by Gasteiger charge is -2.15. The average Bonchev–Trinajstić information content (AvgIpc) is 2.52. The number of hydrogen-bond donors (Lipinski definition) is 2. The molecule has 0 aliphatic carbocycles. The Morgan fingerprint density at radius 3 is 2.57 bits per heavy atom. The van der Waals surface area contributed by atoms with Gasteiger partial charge < -0.3 is 24.8 Å². The molecule has 0 amide bonds. The van der Waals surface area contributed by atoms with Crippen molar-refractivity contribution >= 4 is 41.5 Å². The molecule has 23 heavy (non-hydrogen) atoms. The number of aliphatic imine (C=N–C) groups is 1. The highest BCUT2D eigenvalue weighted by Crippen LogP contribution is 2.36. The molecule has 1 aromatic rings. The second-order valence-corrected chi connectivity index (χ2v) is 4.79. The summed E-state index contributed by atoms with van der Waals surface area (Å²) in [5, 5.41) is 6.87. The van der Waals surface area contributed by atoms with Crippen LogP contribution in [0.2, 0.25) is 5.02 Å². The number of nitrogens with one attached hydrogen (secondary N) is 2. The van der Waals surface area contributed by atoms with Crippen molar-refractivity contribution in [2.75, 3.05) is 41.0 Å². The van der Waals surface area contributed by atoms with E-state index in [1.165, 1.54) is 0 Å². The van der Waals surface area contributed by atoms with E-state index in [1.54, 1.807) is 21.3 Å². The molecule has 6 nitrogen and oxygen atoms in total. The van der Waals surface area contributed by atoms with Gasteiger partial charge in [0.05, 0.1) is 25.3 Å². The van der Waals surface area contributed by atoms with Crippen LogP contribution in [0.5, 0.6) is 11.5 Å². The Kier molecular flexibility index (Phi) is 12.0.